The summed E-state index contributed by atoms with van der Waals surface area (Å²) in [5.74, 6) is -0.421. The monoisotopic (exact) mass is 382 g/mol. The molecule has 1 unspecified atom stereocenters. The van der Waals surface area contributed by atoms with Crippen LogP contribution in [0.4, 0.5) is 5.69 Å². The predicted molar refractivity (Wildman–Crippen MR) is 83.8 cm³/mol. The van der Waals surface area contributed by atoms with Gasteiger partial charge in [-0.25, -0.2) is 0 Å². The summed E-state index contributed by atoms with van der Waals surface area (Å²) >= 11 is 6.81. The summed E-state index contributed by atoms with van der Waals surface area (Å²) in [6.45, 7) is 0. The molecule has 0 aromatic heterocycles. The maximum Gasteiger partial charge on any atom is 0.244 e. The highest BCUT2D eigenvalue weighted by atomic mass is 79.9. The Morgan fingerprint density at radius 1 is 1.05 bits per heavy atom. The fourth-order valence-corrected chi connectivity index (χ4v) is 2.50. The van der Waals surface area contributed by atoms with Crippen LogP contribution in [0, 0.1) is 0 Å². The van der Waals surface area contributed by atoms with Gasteiger partial charge in [0.25, 0.3) is 0 Å². The second-order valence-corrected chi connectivity index (χ2v) is 5.78. The third kappa shape index (κ3) is 3.58. The molecule has 1 amide bonds. The summed E-state index contributed by atoms with van der Waals surface area (Å²) in [4.78, 5) is 11.7. The van der Waals surface area contributed by atoms with Gasteiger partial charge in [0.15, 0.2) is 0 Å². The van der Waals surface area contributed by atoms with Gasteiger partial charge < -0.3 is 11.1 Å². The number of hydrogen-bond acceptors (Lipinski definition) is 2. The van der Waals surface area contributed by atoms with Crippen molar-refractivity contribution in [1.29, 1.82) is 0 Å². The Balaban J connectivity index is 2.29. The minimum atomic E-state index is -0.572. The number of nitrogens with two attached hydrogens (primary N) is 1. The molecule has 0 aliphatic carbocycles. The van der Waals surface area contributed by atoms with Gasteiger partial charge >= 0.3 is 0 Å². The minimum absolute atomic E-state index is 0.421. The minimum Gasteiger partial charge on any atom is -0.370 e. The Hall–Kier alpha value is -1.33. The average Bonchev–Trinajstić information content (AvgIpc) is 2.39. The molecule has 0 aliphatic rings. The lowest BCUT2D eigenvalue weighted by molar-refractivity contribution is -0.118. The number of halogens is 2. The highest BCUT2D eigenvalue weighted by Gasteiger charge is 2.19. The van der Waals surface area contributed by atoms with Gasteiger partial charge in [-0.05, 0) is 35.9 Å². The fraction of sp³-hybridized carbons (Fsp3) is 0.0714. The van der Waals surface area contributed by atoms with E-state index in [-0.39, 0.29) is 0 Å². The van der Waals surface area contributed by atoms with E-state index in [4.69, 9.17) is 5.73 Å². The number of anilines is 1. The van der Waals surface area contributed by atoms with E-state index >= 15 is 0 Å². The third-order valence-corrected chi connectivity index (χ3v) is 3.91. The Kier molecular flexibility index (Phi) is 4.61. The van der Waals surface area contributed by atoms with Gasteiger partial charge in [-0.1, -0.05) is 50.1 Å². The zero-order valence-electron chi connectivity index (χ0n) is 9.94. The van der Waals surface area contributed by atoms with Gasteiger partial charge in [0.05, 0.1) is 0 Å². The number of carbonyl (C=O) groups is 1. The first-order valence-electron chi connectivity index (χ1n) is 5.64. The van der Waals surface area contributed by atoms with E-state index in [0.29, 0.717) is 0 Å². The number of hydrogen-bond donors (Lipinski definition) is 2. The molecule has 2 aromatic carbocycles. The maximum absolute atomic E-state index is 11.7. The van der Waals surface area contributed by atoms with E-state index < -0.39 is 11.9 Å². The van der Waals surface area contributed by atoms with Crippen LogP contribution in [-0.2, 0) is 4.79 Å². The van der Waals surface area contributed by atoms with Crippen LogP contribution in [0.3, 0.4) is 0 Å². The van der Waals surface area contributed by atoms with Crippen molar-refractivity contribution in [1.82, 2.24) is 0 Å². The second-order valence-electron chi connectivity index (χ2n) is 4.01. The van der Waals surface area contributed by atoms with Crippen LogP contribution in [0.2, 0.25) is 0 Å². The molecule has 0 bridgehead atoms. The lowest BCUT2D eigenvalue weighted by Gasteiger charge is -2.18. The van der Waals surface area contributed by atoms with Crippen LogP contribution in [0.1, 0.15) is 11.6 Å². The topological polar surface area (TPSA) is 55.1 Å². The van der Waals surface area contributed by atoms with E-state index in [9.17, 15) is 4.79 Å². The number of amides is 1. The van der Waals surface area contributed by atoms with E-state index in [0.717, 1.165) is 20.2 Å². The van der Waals surface area contributed by atoms with Crippen molar-refractivity contribution in [2.45, 2.75) is 6.04 Å². The number of benzene rings is 2. The molecule has 3 nitrogen and oxygen atoms in total. The maximum atomic E-state index is 11.7. The van der Waals surface area contributed by atoms with Crippen LogP contribution >= 0.6 is 31.9 Å². The SMILES string of the molecule is NC(=O)C(Nc1ccc(Br)cc1)c1ccccc1Br. The van der Waals surface area contributed by atoms with Gasteiger partial charge in [-0.2, -0.15) is 0 Å². The molecule has 2 rings (SSSR count). The highest BCUT2D eigenvalue weighted by Crippen LogP contribution is 2.26. The quantitative estimate of drug-likeness (QED) is 0.842. The summed E-state index contributed by atoms with van der Waals surface area (Å²) in [7, 11) is 0. The standard InChI is InChI=1S/C14H12Br2N2O/c15-9-5-7-10(8-6-9)18-13(14(17)19)11-3-1-2-4-12(11)16/h1-8,13,18H,(H2,17,19). The van der Waals surface area contributed by atoms with E-state index in [1.807, 2.05) is 48.5 Å². The van der Waals surface area contributed by atoms with Crippen LogP contribution in [0.15, 0.2) is 57.5 Å². The molecule has 98 valence electrons. The normalized spacial score (nSPS) is 11.9. The molecule has 0 saturated carbocycles. The summed E-state index contributed by atoms with van der Waals surface area (Å²) in [6, 6.07) is 14.5. The third-order valence-electron chi connectivity index (χ3n) is 2.66. The van der Waals surface area contributed by atoms with Crippen molar-refractivity contribution in [3.8, 4) is 0 Å². The first-order chi connectivity index (χ1) is 9.08. The van der Waals surface area contributed by atoms with Crippen molar-refractivity contribution in [3.05, 3.63) is 63.0 Å². The fourth-order valence-electron chi connectivity index (χ4n) is 1.72. The largest absolute Gasteiger partial charge is 0.370 e. The smallest absolute Gasteiger partial charge is 0.244 e. The lowest BCUT2D eigenvalue weighted by atomic mass is 10.1. The van der Waals surface area contributed by atoms with Crippen molar-refractivity contribution in [2.24, 2.45) is 5.73 Å². The zero-order valence-corrected chi connectivity index (χ0v) is 13.1. The van der Waals surface area contributed by atoms with Gasteiger partial charge in [0.2, 0.25) is 5.91 Å². The molecule has 19 heavy (non-hydrogen) atoms. The molecule has 1 atom stereocenters. The number of nitrogens with one attached hydrogen (secondary N) is 1. The van der Waals surface area contributed by atoms with Gasteiger partial charge in [0, 0.05) is 14.6 Å². The molecule has 0 radical (unpaired) electrons. The molecular weight excluding hydrogens is 372 g/mol. The molecule has 5 heteroatoms. The van der Waals surface area contributed by atoms with E-state index in [1.165, 1.54) is 0 Å². The summed E-state index contributed by atoms with van der Waals surface area (Å²) in [5, 5.41) is 3.14. The Morgan fingerprint density at radius 3 is 2.26 bits per heavy atom. The molecular formula is C14H12Br2N2O. The van der Waals surface area contributed by atoms with Crippen LogP contribution in [0.5, 0.6) is 0 Å². The average molecular weight is 384 g/mol. The summed E-state index contributed by atoms with van der Waals surface area (Å²) < 4.78 is 1.83. The van der Waals surface area contributed by atoms with E-state index in [2.05, 4.69) is 37.2 Å². The van der Waals surface area contributed by atoms with Crippen molar-refractivity contribution < 1.29 is 4.79 Å². The first kappa shape index (κ1) is 14.1. The summed E-state index contributed by atoms with van der Waals surface area (Å²) in [6.07, 6.45) is 0. The Bertz CT molecular complexity index is 584. The van der Waals surface area contributed by atoms with Crippen LogP contribution in [0.25, 0.3) is 0 Å². The van der Waals surface area contributed by atoms with Crippen LogP contribution < -0.4 is 11.1 Å². The van der Waals surface area contributed by atoms with Crippen molar-refractivity contribution >= 4 is 43.5 Å². The zero-order chi connectivity index (χ0) is 13.8. The predicted octanol–water partition coefficient (Wildman–Crippen LogP) is 3.85. The molecule has 0 fully saturated rings. The Labute approximate surface area is 128 Å². The molecule has 0 heterocycles. The lowest BCUT2D eigenvalue weighted by Crippen LogP contribution is -2.28. The molecule has 2 aromatic rings. The van der Waals surface area contributed by atoms with Crippen molar-refractivity contribution in [3.63, 3.8) is 0 Å². The summed E-state index contributed by atoms with van der Waals surface area (Å²) in [5.41, 5.74) is 7.14. The van der Waals surface area contributed by atoms with Gasteiger partial charge in [0.1, 0.15) is 6.04 Å². The van der Waals surface area contributed by atoms with E-state index in [1.54, 1.807) is 0 Å². The van der Waals surface area contributed by atoms with Crippen LogP contribution in [-0.4, -0.2) is 5.91 Å². The number of primary amides is 1. The van der Waals surface area contributed by atoms with Gasteiger partial charge in [-0.15, -0.1) is 0 Å². The molecule has 0 spiro atoms. The number of rotatable bonds is 4. The van der Waals surface area contributed by atoms with Crippen molar-refractivity contribution in [2.75, 3.05) is 5.32 Å². The number of carbonyl (C=O) groups excluding carboxylic acids is 1. The highest BCUT2D eigenvalue weighted by molar-refractivity contribution is 9.10. The first-order valence-corrected chi connectivity index (χ1v) is 7.22. The Morgan fingerprint density at radius 2 is 1.68 bits per heavy atom. The second kappa shape index (κ2) is 6.21. The van der Waals surface area contributed by atoms with Gasteiger partial charge in [-0.3, -0.25) is 4.79 Å². The molecule has 0 aliphatic heterocycles. The molecule has 0 saturated heterocycles. The molecule has 3 N–H and O–H groups in total.